The second-order valence-corrected chi connectivity index (χ2v) is 7.12. The summed E-state index contributed by atoms with van der Waals surface area (Å²) in [6.45, 7) is 4.18. The van der Waals surface area contributed by atoms with Crippen LogP contribution in [-0.2, 0) is 10.3 Å². The predicted octanol–water partition coefficient (Wildman–Crippen LogP) is 4.77. The van der Waals surface area contributed by atoms with Gasteiger partial charge in [0.1, 0.15) is 15.6 Å². The van der Waals surface area contributed by atoms with Crippen molar-refractivity contribution in [1.82, 2.24) is 9.97 Å². The first kappa shape index (κ1) is 14.2. The molecule has 0 radical (unpaired) electrons. The van der Waals surface area contributed by atoms with Gasteiger partial charge < -0.3 is 4.74 Å². The predicted molar refractivity (Wildman–Crippen MR) is 83.7 cm³/mol. The number of hydrogen-bond donors (Lipinski definition) is 0. The molecular weight excluding hydrogens is 292 g/mol. The minimum absolute atomic E-state index is 0.345. The molecule has 0 bridgehead atoms. The molecule has 5 heteroatoms. The van der Waals surface area contributed by atoms with E-state index in [9.17, 15) is 0 Å². The number of halogens is 1. The summed E-state index contributed by atoms with van der Waals surface area (Å²) >= 11 is 8.11. The number of fused-ring (bicyclic) bond motifs is 1. The van der Waals surface area contributed by atoms with Gasteiger partial charge in [-0.1, -0.05) is 30.9 Å². The third kappa shape index (κ3) is 2.14. The molecule has 3 rings (SSSR count). The normalized spacial score (nSPS) is 18.6. The number of nitrogens with zero attached hydrogens (tertiary/aromatic N) is 2. The molecule has 2 aromatic heterocycles. The van der Waals surface area contributed by atoms with Crippen LogP contribution in [0.3, 0.4) is 0 Å². The van der Waals surface area contributed by atoms with Gasteiger partial charge in [-0.25, -0.2) is 9.97 Å². The maximum atomic E-state index is 6.42. The van der Waals surface area contributed by atoms with E-state index in [4.69, 9.17) is 21.3 Å². The zero-order chi connectivity index (χ0) is 14.3. The second kappa shape index (κ2) is 5.24. The molecule has 0 saturated heterocycles. The molecule has 0 N–H and O–H groups in total. The Morgan fingerprint density at radius 1 is 1.15 bits per heavy atom. The minimum atomic E-state index is -0.345. The Morgan fingerprint density at radius 2 is 1.85 bits per heavy atom. The lowest BCUT2D eigenvalue weighted by atomic mass is 9.84. The molecule has 1 saturated carbocycles. The van der Waals surface area contributed by atoms with E-state index in [1.807, 2.05) is 0 Å². The molecule has 1 aliphatic rings. The highest BCUT2D eigenvalue weighted by molar-refractivity contribution is 7.18. The second-order valence-electron chi connectivity index (χ2n) is 5.56. The van der Waals surface area contributed by atoms with Gasteiger partial charge >= 0.3 is 0 Å². The summed E-state index contributed by atoms with van der Waals surface area (Å²) in [6, 6.07) is 0. The highest BCUT2D eigenvalue weighted by atomic mass is 35.5. The number of aromatic nitrogens is 2. The van der Waals surface area contributed by atoms with E-state index in [1.54, 1.807) is 18.4 Å². The fourth-order valence-electron chi connectivity index (χ4n) is 3.05. The molecule has 2 heterocycles. The van der Waals surface area contributed by atoms with Crippen LogP contribution in [0.15, 0.2) is 0 Å². The molecule has 108 valence electrons. The van der Waals surface area contributed by atoms with Crippen molar-refractivity contribution < 1.29 is 4.74 Å². The zero-order valence-corrected chi connectivity index (χ0v) is 13.7. The Kier molecular flexibility index (Phi) is 3.73. The van der Waals surface area contributed by atoms with Crippen molar-refractivity contribution in [2.45, 2.75) is 51.6 Å². The Balaban J connectivity index is 2.16. The quantitative estimate of drug-likeness (QED) is 0.750. The summed E-state index contributed by atoms with van der Waals surface area (Å²) in [5.74, 6) is 0.762. The highest BCUT2D eigenvalue weighted by Gasteiger charge is 2.37. The Bertz CT molecular complexity index is 647. The van der Waals surface area contributed by atoms with E-state index in [0.29, 0.717) is 5.15 Å². The molecule has 0 atom stereocenters. The Labute approximate surface area is 128 Å². The number of thiophene rings is 1. The molecule has 0 aliphatic heterocycles. The van der Waals surface area contributed by atoms with Crippen LogP contribution in [0.2, 0.25) is 5.15 Å². The summed E-state index contributed by atoms with van der Waals surface area (Å²) in [7, 11) is 1.76. The number of rotatable bonds is 2. The first-order valence-corrected chi connectivity index (χ1v) is 8.26. The van der Waals surface area contributed by atoms with E-state index in [0.717, 1.165) is 41.7 Å². The van der Waals surface area contributed by atoms with Gasteiger partial charge in [0.2, 0.25) is 0 Å². The number of methoxy groups -OCH3 is 1. The molecule has 1 fully saturated rings. The molecule has 0 aromatic carbocycles. The number of aryl methyl sites for hydroxylation is 2. The molecule has 2 aromatic rings. The van der Waals surface area contributed by atoms with E-state index < -0.39 is 0 Å². The van der Waals surface area contributed by atoms with Crippen LogP contribution in [0.4, 0.5) is 0 Å². The van der Waals surface area contributed by atoms with Crippen molar-refractivity contribution in [1.29, 1.82) is 0 Å². The standard InChI is InChI=1S/C15H19ClN2OS/c1-9-10(2)20-13-11(9)12(16)17-14(18-13)15(19-3)7-5-4-6-8-15/h4-8H2,1-3H3. The van der Waals surface area contributed by atoms with Crippen molar-refractivity contribution in [3.8, 4) is 0 Å². The SMILES string of the molecule is COC1(c2nc(Cl)c3c(C)c(C)sc3n2)CCCCC1. The molecule has 0 unspecified atom stereocenters. The lowest BCUT2D eigenvalue weighted by molar-refractivity contribution is -0.0512. The Hall–Kier alpha value is -0.710. The topological polar surface area (TPSA) is 35.0 Å². The van der Waals surface area contributed by atoms with Crippen LogP contribution in [0.25, 0.3) is 10.2 Å². The summed E-state index contributed by atoms with van der Waals surface area (Å²) in [5.41, 5.74) is 0.846. The van der Waals surface area contributed by atoms with Crippen molar-refractivity contribution >= 4 is 33.2 Å². The maximum absolute atomic E-state index is 6.42. The Morgan fingerprint density at radius 3 is 2.50 bits per heavy atom. The first-order valence-electron chi connectivity index (χ1n) is 7.06. The summed E-state index contributed by atoms with van der Waals surface area (Å²) in [5, 5.41) is 1.56. The minimum Gasteiger partial charge on any atom is -0.370 e. The molecule has 0 spiro atoms. The average molecular weight is 311 g/mol. The monoisotopic (exact) mass is 310 g/mol. The molecule has 1 aliphatic carbocycles. The van der Waals surface area contributed by atoms with Gasteiger partial charge in [0.25, 0.3) is 0 Å². The fraction of sp³-hybridized carbons (Fsp3) is 0.600. The van der Waals surface area contributed by atoms with Gasteiger partial charge in [-0.2, -0.15) is 0 Å². The van der Waals surface area contributed by atoms with Gasteiger partial charge in [-0.3, -0.25) is 0 Å². The maximum Gasteiger partial charge on any atom is 0.163 e. The van der Waals surface area contributed by atoms with Gasteiger partial charge in [0.15, 0.2) is 5.82 Å². The van der Waals surface area contributed by atoms with E-state index in [-0.39, 0.29) is 5.60 Å². The van der Waals surface area contributed by atoms with Crippen molar-refractivity contribution in [2.24, 2.45) is 0 Å². The molecule has 0 amide bonds. The van der Waals surface area contributed by atoms with Gasteiger partial charge in [0.05, 0.1) is 5.39 Å². The van der Waals surface area contributed by atoms with Crippen LogP contribution in [-0.4, -0.2) is 17.1 Å². The summed E-state index contributed by atoms with van der Waals surface area (Å²) < 4.78 is 5.83. The summed E-state index contributed by atoms with van der Waals surface area (Å²) in [6.07, 6.45) is 5.55. The van der Waals surface area contributed by atoms with Crippen LogP contribution in [0.1, 0.15) is 48.4 Å². The molecule has 20 heavy (non-hydrogen) atoms. The van der Waals surface area contributed by atoms with Crippen molar-refractivity contribution in [3.05, 3.63) is 21.4 Å². The molecule has 3 nitrogen and oxygen atoms in total. The van der Waals surface area contributed by atoms with Gasteiger partial charge in [-0.05, 0) is 32.3 Å². The number of hydrogen-bond acceptors (Lipinski definition) is 4. The lowest BCUT2D eigenvalue weighted by Crippen LogP contribution is -2.33. The zero-order valence-electron chi connectivity index (χ0n) is 12.1. The van der Waals surface area contributed by atoms with Crippen molar-refractivity contribution in [2.75, 3.05) is 7.11 Å². The molecular formula is C15H19ClN2OS. The first-order chi connectivity index (χ1) is 9.57. The highest BCUT2D eigenvalue weighted by Crippen LogP contribution is 2.41. The van der Waals surface area contributed by atoms with Crippen LogP contribution in [0.5, 0.6) is 0 Å². The van der Waals surface area contributed by atoms with E-state index >= 15 is 0 Å². The third-order valence-corrected chi connectivity index (χ3v) is 5.82. The smallest absolute Gasteiger partial charge is 0.163 e. The third-order valence-electron chi connectivity index (χ3n) is 4.44. The van der Waals surface area contributed by atoms with Crippen LogP contribution < -0.4 is 0 Å². The van der Waals surface area contributed by atoms with Crippen LogP contribution >= 0.6 is 22.9 Å². The number of ether oxygens (including phenoxy) is 1. The average Bonchev–Trinajstić information content (AvgIpc) is 2.75. The van der Waals surface area contributed by atoms with Gasteiger partial charge in [0, 0.05) is 12.0 Å². The van der Waals surface area contributed by atoms with Gasteiger partial charge in [-0.15, -0.1) is 11.3 Å². The fourth-order valence-corrected chi connectivity index (χ4v) is 4.44. The van der Waals surface area contributed by atoms with E-state index in [2.05, 4.69) is 18.8 Å². The van der Waals surface area contributed by atoms with Crippen LogP contribution in [0, 0.1) is 13.8 Å². The summed E-state index contributed by atoms with van der Waals surface area (Å²) in [4.78, 5) is 11.6. The lowest BCUT2D eigenvalue weighted by Gasteiger charge is -2.34. The van der Waals surface area contributed by atoms with Crippen molar-refractivity contribution in [3.63, 3.8) is 0 Å². The largest absolute Gasteiger partial charge is 0.370 e. The van der Waals surface area contributed by atoms with E-state index in [1.165, 1.54) is 16.9 Å².